The fourth-order valence-electron chi connectivity index (χ4n) is 2.32. The topological polar surface area (TPSA) is 98.9 Å². The minimum absolute atomic E-state index is 0.0268. The number of aromatic hydroxyl groups is 1. The molecular weight excluding hydrogens is 382 g/mol. The fourth-order valence-corrected chi connectivity index (χ4v) is 2.77. The van der Waals surface area contributed by atoms with Crippen molar-refractivity contribution in [3.63, 3.8) is 0 Å². The molecule has 1 heterocycles. The van der Waals surface area contributed by atoms with E-state index in [1.54, 1.807) is 18.2 Å². The summed E-state index contributed by atoms with van der Waals surface area (Å²) in [4.78, 5) is 22.7. The number of benzene rings is 2. The molecule has 0 saturated heterocycles. The third-order valence-corrected chi connectivity index (χ3v) is 4.06. The summed E-state index contributed by atoms with van der Waals surface area (Å²) >= 11 is 3.30. The van der Waals surface area contributed by atoms with Gasteiger partial charge >= 0.3 is 5.69 Å². The molecule has 1 N–H and O–H groups in total. The Hall–Kier alpha value is -2.87. The van der Waals surface area contributed by atoms with Crippen molar-refractivity contribution in [2.75, 3.05) is 7.11 Å². The van der Waals surface area contributed by atoms with Crippen LogP contribution in [0.1, 0.15) is 15.9 Å². The zero-order valence-corrected chi connectivity index (χ0v) is 13.9. The SMILES string of the molecule is COc1cc(C=C2Oc3c(Br)cccc3C2=O)cc([N+](=O)[O-])c1O. The summed E-state index contributed by atoms with van der Waals surface area (Å²) in [6.45, 7) is 0. The molecule has 0 amide bonds. The molecule has 0 spiro atoms. The second kappa shape index (κ2) is 5.97. The molecular formula is C16H10BrNO6. The first kappa shape index (κ1) is 16.0. The summed E-state index contributed by atoms with van der Waals surface area (Å²) in [6, 6.07) is 7.59. The molecule has 1 aliphatic heterocycles. The number of ketones is 1. The lowest BCUT2D eigenvalue weighted by Gasteiger charge is -2.06. The lowest BCUT2D eigenvalue weighted by molar-refractivity contribution is -0.386. The summed E-state index contributed by atoms with van der Waals surface area (Å²) in [6.07, 6.45) is 1.36. The average molecular weight is 392 g/mol. The second-order valence-corrected chi connectivity index (χ2v) is 5.76. The lowest BCUT2D eigenvalue weighted by Crippen LogP contribution is -1.99. The van der Waals surface area contributed by atoms with Gasteiger partial charge in [-0.05, 0) is 45.8 Å². The summed E-state index contributed by atoms with van der Waals surface area (Å²) in [7, 11) is 1.28. The molecule has 0 bridgehead atoms. The van der Waals surface area contributed by atoms with E-state index < -0.39 is 16.4 Å². The predicted octanol–water partition coefficient (Wildman–Crippen LogP) is 3.69. The summed E-state index contributed by atoms with van der Waals surface area (Å²) in [5, 5.41) is 20.8. The van der Waals surface area contributed by atoms with Gasteiger partial charge in [0.15, 0.2) is 17.3 Å². The van der Waals surface area contributed by atoms with Crippen molar-refractivity contribution in [2.45, 2.75) is 0 Å². The number of phenols is 1. The maximum absolute atomic E-state index is 12.4. The molecule has 0 aliphatic carbocycles. The number of nitrogens with zero attached hydrogens (tertiary/aromatic N) is 1. The van der Waals surface area contributed by atoms with Gasteiger partial charge in [-0.25, -0.2) is 0 Å². The maximum atomic E-state index is 12.4. The minimum Gasteiger partial charge on any atom is -0.500 e. The van der Waals surface area contributed by atoms with Crippen LogP contribution in [0.5, 0.6) is 17.2 Å². The summed E-state index contributed by atoms with van der Waals surface area (Å²) < 4.78 is 11.1. The Morgan fingerprint density at radius 3 is 2.75 bits per heavy atom. The number of rotatable bonds is 3. The summed E-state index contributed by atoms with van der Waals surface area (Å²) in [5.74, 6) is -0.552. The molecule has 0 unspecified atom stereocenters. The van der Waals surface area contributed by atoms with Crippen molar-refractivity contribution in [1.29, 1.82) is 0 Å². The van der Waals surface area contributed by atoms with Gasteiger partial charge in [0.05, 0.1) is 22.1 Å². The first-order valence-electron chi connectivity index (χ1n) is 6.70. The van der Waals surface area contributed by atoms with Crippen molar-refractivity contribution in [1.82, 2.24) is 0 Å². The zero-order valence-electron chi connectivity index (χ0n) is 12.3. The van der Waals surface area contributed by atoms with E-state index in [0.29, 0.717) is 21.3 Å². The normalized spacial score (nSPS) is 14.4. The van der Waals surface area contributed by atoms with Gasteiger partial charge in [-0.3, -0.25) is 14.9 Å². The van der Waals surface area contributed by atoms with Crippen molar-refractivity contribution in [3.05, 3.63) is 61.8 Å². The van der Waals surface area contributed by atoms with Gasteiger partial charge in [0.2, 0.25) is 11.5 Å². The van der Waals surface area contributed by atoms with Crippen molar-refractivity contribution < 1.29 is 24.3 Å². The van der Waals surface area contributed by atoms with E-state index in [4.69, 9.17) is 9.47 Å². The number of carbonyl (C=O) groups is 1. The highest BCUT2D eigenvalue weighted by Gasteiger charge is 2.29. The van der Waals surface area contributed by atoms with E-state index >= 15 is 0 Å². The van der Waals surface area contributed by atoms with Gasteiger partial charge < -0.3 is 14.6 Å². The van der Waals surface area contributed by atoms with Gasteiger partial charge in [0.1, 0.15) is 0 Å². The Bertz CT molecular complexity index is 906. The average Bonchev–Trinajstić information content (AvgIpc) is 2.86. The molecule has 2 aromatic carbocycles. The standard InChI is InChI=1S/C16H10BrNO6/c1-23-12-6-8(5-11(15(12)20)18(21)22)7-13-14(19)9-3-2-4-10(17)16(9)24-13/h2-7,20H,1H3. The first-order chi connectivity index (χ1) is 11.4. The quantitative estimate of drug-likeness (QED) is 0.486. The van der Waals surface area contributed by atoms with Crippen LogP contribution in [0.15, 0.2) is 40.6 Å². The van der Waals surface area contributed by atoms with Gasteiger partial charge in [-0.2, -0.15) is 0 Å². The highest BCUT2D eigenvalue weighted by molar-refractivity contribution is 9.10. The van der Waals surface area contributed by atoms with Gasteiger partial charge in [0.25, 0.3) is 0 Å². The van der Waals surface area contributed by atoms with Crippen molar-refractivity contribution >= 4 is 33.5 Å². The van der Waals surface area contributed by atoms with Gasteiger partial charge in [-0.1, -0.05) is 6.07 Å². The molecule has 3 rings (SSSR count). The van der Waals surface area contributed by atoms with E-state index in [9.17, 15) is 20.0 Å². The van der Waals surface area contributed by atoms with Crippen LogP contribution in [0.4, 0.5) is 5.69 Å². The maximum Gasteiger partial charge on any atom is 0.315 e. The number of halogens is 1. The number of fused-ring (bicyclic) bond motifs is 1. The number of Topliss-reactive ketones (excluding diaryl/α,β-unsaturated/α-hetero) is 1. The van der Waals surface area contributed by atoms with Crippen LogP contribution in [0, 0.1) is 10.1 Å². The number of hydrogen-bond donors (Lipinski definition) is 1. The summed E-state index contributed by atoms with van der Waals surface area (Å²) in [5.41, 5.74) is 0.171. The Morgan fingerprint density at radius 1 is 1.38 bits per heavy atom. The molecule has 0 aromatic heterocycles. The van der Waals surface area contributed by atoms with E-state index in [0.717, 1.165) is 6.07 Å². The Balaban J connectivity index is 2.07. The van der Waals surface area contributed by atoms with Crippen LogP contribution in [0.25, 0.3) is 6.08 Å². The molecule has 7 nitrogen and oxygen atoms in total. The highest BCUT2D eigenvalue weighted by atomic mass is 79.9. The van der Waals surface area contributed by atoms with E-state index in [2.05, 4.69) is 15.9 Å². The number of ether oxygens (including phenoxy) is 2. The number of hydrogen-bond acceptors (Lipinski definition) is 6. The number of methoxy groups -OCH3 is 1. The molecule has 0 atom stereocenters. The highest BCUT2D eigenvalue weighted by Crippen LogP contribution is 2.40. The van der Waals surface area contributed by atoms with Gasteiger partial charge in [0, 0.05) is 6.07 Å². The number of carbonyl (C=O) groups excluding carboxylic acids is 1. The zero-order chi connectivity index (χ0) is 17.4. The monoisotopic (exact) mass is 391 g/mol. The molecule has 122 valence electrons. The van der Waals surface area contributed by atoms with Gasteiger partial charge in [-0.15, -0.1) is 0 Å². The van der Waals surface area contributed by atoms with E-state index in [1.165, 1.54) is 19.3 Å². The van der Waals surface area contributed by atoms with Crippen LogP contribution in [-0.4, -0.2) is 22.9 Å². The third kappa shape index (κ3) is 2.61. The Morgan fingerprint density at radius 2 is 2.12 bits per heavy atom. The largest absolute Gasteiger partial charge is 0.500 e. The van der Waals surface area contributed by atoms with Crippen LogP contribution in [0.3, 0.4) is 0 Å². The van der Waals surface area contributed by atoms with Crippen molar-refractivity contribution in [3.8, 4) is 17.2 Å². The molecule has 1 aliphatic rings. The van der Waals surface area contributed by atoms with E-state index in [1.807, 2.05) is 0 Å². The number of para-hydroxylation sites is 1. The van der Waals surface area contributed by atoms with Crippen LogP contribution in [-0.2, 0) is 0 Å². The van der Waals surface area contributed by atoms with Crippen LogP contribution >= 0.6 is 15.9 Å². The second-order valence-electron chi connectivity index (χ2n) is 4.90. The number of allylic oxidation sites excluding steroid dienone is 1. The first-order valence-corrected chi connectivity index (χ1v) is 7.50. The molecule has 24 heavy (non-hydrogen) atoms. The Kier molecular flexibility index (Phi) is 3.98. The fraction of sp³-hybridized carbons (Fsp3) is 0.0625. The van der Waals surface area contributed by atoms with Crippen LogP contribution < -0.4 is 9.47 Å². The smallest absolute Gasteiger partial charge is 0.315 e. The van der Waals surface area contributed by atoms with E-state index in [-0.39, 0.29) is 17.3 Å². The molecule has 2 aromatic rings. The number of nitro groups is 1. The van der Waals surface area contributed by atoms with Crippen LogP contribution in [0.2, 0.25) is 0 Å². The third-order valence-electron chi connectivity index (χ3n) is 3.44. The molecule has 0 fully saturated rings. The Labute approximate surface area is 144 Å². The minimum atomic E-state index is -0.734. The molecule has 0 radical (unpaired) electrons. The molecule has 0 saturated carbocycles. The number of nitro benzene ring substituents is 1. The molecule has 8 heteroatoms. The lowest BCUT2D eigenvalue weighted by atomic mass is 10.1. The predicted molar refractivity (Wildman–Crippen MR) is 88.4 cm³/mol. The van der Waals surface area contributed by atoms with Crippen molar-refractivity contribution in [2.24, 2.45) is 0 Å². The number of phenolic OH excluding ortho intramolecular Hbond substituents is 1.